The van der Waals surface area contributed by atoms with Crippen LogP contribution in [0.3, 0.4) is 0 Å². The summed E-state index contributed by atoms with van der Waals surface area (Å²) in [4.78, 5) is 13.8. The Morgan fingerprint density at radius 1 is 1.19 bits per heavy atom. The van der Waals surface area contributed by atoms with Crippen LogP contribution in [0.5, 0.6) is 0 Å². The molecule has 0 bridgehead atoms. The molecule has 3 heterocycles. The Morgan fingerprint density at radius 3 is 2.57 bits per heavy atom. The minimum atomic E-state index is 0.384. The number of rotatable bonds is 4. The molecule has 0 unspecified atom stereocenters. The van der Waals surface area contributed by atoms with Gasteiger partial charge in [0.1, 0.15) is 17.2 Å². The van der Waals surface area contributed by atoms with E-state index in [1.54, 1.807) is 16.2 Å². The molecular weight excluding hydrogens is 280 g/mol. The molecule has 1 aliphatic rings. The molecule has 0 spiro atoms. The summed E-state index contributed by atoms with van der Waals surface area (Å²) in [5.41, 5.74) is 1.32. The van der Waals surface area contributed by atoms with Gasteiger partial charge in [0.25, 0.3) is 0 Å². The van der Waals surface area contributed by atoms with Gasteiger partial charge in [0.2, 0.25) is 0 Å². The molecule has 3 rings (SSSR count). The fourth-order valence-electron chi connectivity index (χ4n) is 3.03. The molecule has 2 N–H and O–H groups in total. The van der Waals surface area contributed by atoms with Crippen molar-refractivity contribution < 1.29 is 4.90 Å². The van der Waals surface area contributed by atoms with Gasteiger partial charge in [0.05, 0.1) is 18.5 Å². The number of aromatic nitrogens is 2. The molecule has 0 aliphatic carbocycles. The van der Waals surface area contributed by atoms with Crippen molar-refractivity contribution in [1.29, 1.82) is 0 Å². The van der Waals surface area contributed by atoms with E-state index in [-0.39, 0.29) is 0 Å². The maximum Gasteiger partial charge on any atom is 0.187 e. The van der Waals surface area contributed by atoms with E-state index in [1.807, 2.05) is 0 Å². The lowest BCUT2D eigenvalue weighted by Gasteiger charge is -2.14. The zero-order chi connectivity index (χ0) is 15.0. The molecule has 0 saturated carbocycles. The van der Waals surface area contributed by atoms with E-state index in [0.29, 0.717) is 6.04 Å². The first-order chi connectivity index (χ1) is 10.0. The Labute approximate surface area is 130 Å². The first-order valence-electron chi connectivity index (χ1n) is 7.91. The second kappa shape index (κ2) is 5.89. The molecule has 1 fully saturated rings. The van der Waals surface area contributed by atoms with Crippen molar-refractivity contribution >= 4 is 27.4 Å². The third-order valence-corrected chi connectivity index (χ3v) is 5.32. The fraction of sp³-hybridized carbons (Fsp3) is 0.625. The molecule has 4 nitrogen and oxygen atoms in total. The summed E-state index contributed by atoms with van der Waals surface area (Å²) in [6.07, 6.45) is 2.68. The number of nitrogens with one attached hydrogen (secondary N) is 2. The zero-order valence-electron chi connectivity index (χ0n) is 13.4. The van der Waals surface area contributed by atoms with Crippen molar-refractivity contribution in [2.75, 3.05) is 18.4 Å². The van der Waals surface area contributed by atoms with Crippen LogP contribution < -0.4 is 10.2 Å². The lowest BCUT2D eigenvalue weighted by molar-refractivity contribution is -0.902. The van der Waals surface area contributed by atoms with E-state index >= 15 is 0 Å². The Balaban J connectivity index is 2.01. The van der Waals surface area contributed by atoms with E-state index in [4.69, 9.17) is 9.97 Å². The summed E-state index contributed by atoms with van der Waals surface area (Å²) in [7, 11) is 0. The van der Waals surface area contributed by atoms with Gasteiger partial charge >= 0.3 is 0 Å². The van der Waals surface area contributed by atoms with E-state index in [0.717, 1.165) is 23.0 Å². The minimum Gasteiger partial charge on any atom is -0.367 e. The average molecular weight is 305 g/mol. The second-order valence-electron chi connectivity index (χ2n) is 6.38. The number of likely N-dealkylation sites (tertiary alicyclic amines) is 1. The normalized spacial score (nSPS) is 16.2. The number of nitrogens with zero attached hydrogens (tertiary/aromatic N) is 2. The largest absolute Gasteiger partial charge is 0.367 e. The van der Waals surface area contributed by atoms with Gasteiger partial charge in [-0.1, -0.05) is 0 Å². The van der Waals surface area contributed by atoms with Crippen molar-refractivity contribution in [2.24, 2.45) is 0 Å². The number of thiophene rings is 1. The SMILES string of the molecule is Cc1sc2nc(C[NH+]3CCCC3)nc(NC(C)C)c2c1C. The lowest BCUT2D eigenvalue weighted by atomic mass is 10.2. The van der Waals surface area contributed by atoms with Gasteiger partial charge < -0.3 is 10.2 Å². The highest BCUT2D eigenvalue weighted by Crippen LogP contribution is 2.33. The van der Waals surface area contributed by atoms with Crippen molar-refractivity contribution in [3.63, 3.8) is 0 Å². The summed E-state index contributed by atoms with van der Waals surface area (Å²) in [6.45, 7) is 12.1. The van der Waals surface area contributed by atoms with Crippen LogP contribution in [0.1, 0.15) is 43.0 Å². The van der Waals surface area contributed by atoms with Crippen LogP contribution in [0, 0.1) is 13.8 Å². The molecule has 114 valence electrons. The molecule has 21 heavy (non-hydrogen) atoms. The first kappa shape index (κ1) is 14.7. The Kier molecular flexibility index (Phi) is 4.13. The number of anilines is 1. The van der Waals surface area contributed by atoms with Crippen LogP contribution in [0.2, 0.25) is 0 Å². The van der Waals surface area contributed by atoms with Gasteiger partial charge in [-0.15, -0.1) is 11.3 Å². The molecule has 2 aromatic heterocycles. The molecule has 0 aromatic carbocycles. The Bertz CT molecular complexity index is 641. The molecule has 5 heteroatoms. The number of hydrogen-bond acceptors (Lipinski definition) is 4. The molecular formula is C16H25N4S+. The van der Waals surface area contributed by atoms with Gasteiger partial charge in [-0.3, -0.25) is 0 Å². The van der Waals surface area contributed by atoms with Crippen molar-refractivity contribution in [1.82, 2.24) is 9.97 Å². The summed E-state index contributed by atoms with van der Waals surface area (Å²) < 4.78 is 0. The van der Waals surface area contributed by atoms with Gasteiger partial charge in [0, 0.05) is 23.8 Å². The van der Waals surface area contributed by atoms with Crippen LogP contribution in [-0.2, 0) is 6.54 Å². The van der Waals surface area contributed by atoms with E-state index in [2.05, 4.69) is 33.0 Å². The third-order valence-electron chi connectivity index (χ3n) is 4.22. The average Bonchev–Trinajstić information content (AvgIpc) is 2.98. The van der Waals surface area contributed by atoms with Gasteiger partial charge in [0.15, 0.2) is 5.82 Å². The van der Waals surface area contributed by atoms with Crippen molar-refractivity contribution in [3.8, 4) is 0 Å². The standard InChI is InChI=1S/C16H24N4S/c1-10(2)17-15-14-11(3)12(4)21-16(14)19-13(18-15)9-20-7-5-6-8-20/h10H,5-9H2,1-4H3,(H,17,18,19)/p+1. The number of fused-ring (bicyclic) bond motifs is 1. The zero-order valence-corrected chi connectivity index (χ0v) is 14.2. The maximum atomic E-state index is 4.84. The minimum absolute atomic E-state index is 0.384. The van der Waals surface area contributed by atoms with Crippen LogP contribution in [0.15, 0.2) is 0 Å². The van der Waals surface area contributed by atoms with Crippen LogP contribution in [0.25, 0.3) is 10.2 Å². The monoisotopic (exact) mass is 305 g/mol. The number of hydrogen-bond donors (Lipinski definition) is 2. The third kappa shape index (κ3) is 3.04. The maximum absolute atomic E-state index is 4.84. The number of quaternary nitrogens is 1. The molecule has 0 radical (unpaired) electrons. The van der Waals surface area contributed by atoms with Crippen molar-refractivity contribution in [3.05, 3.63) is 16.3 Å². The van der Waals surface area contributed by atoms with Crippen LogP contribution in [-0.4, -0.2) is 29.1 Å². The van der Waals surface area contributed by atoms with Crippen molar-refractivity contribution in [2.45, 2.75) is 53.1 Å². The second-order valence-corrected chi connectivity index (χ2v) is 7.59. The smallest absolute Gasteiger partial charge is 0.187 e. The van der Waals surface area contributed by atoms with E-state index in [9.17, 15) is 0 Å². The highest BCUT2D eigenvalue weighted by atomic mass is 32.1. The molecule has 0 amide bonds. The summed E-state index contributed by atoms with van der Waals surface area (Å²) in [6, 6.07) is 0.384. The van der Waals surface area contributed by atoms with E-state index in [1.165, 1.54) is 41.8 Å². The van der Waals surface area contributed by atoms with E-state index < -0.39 is 0 Å². The molecule has 1 aliphatic heterocycles. The Hall–Kier alpha value is -1.20. The van der Waals surface area contributed by atoms with Gasteiger partial charge in [-0.2, -0.15) is 0 Å². The highest BCUT2D eigenvalue weighted by molar-refractivity contribution is 7.18. The van der Waals surface area contributed by atoms with Crippen LogP contribution >= 0.6 is 11.3 Å². The summed E-state index contributed by atoms with van der Waals surface area (Å²) >= 11 is 1.79. The molecule has 0 atom stereocenters. The van der Waals surface area contributed by atoms with Gasteiger partial charge in [-0.05, 0) is 33.3 Å². The summed E-state index contributed by atoms with van der Waals surface area (Å²) in [5.74, 6) is 2.01. The number of aryl methyl sites for hydroxylation is 2. The highest BCUT2D eigenvalue weighted by Gasteiger charge is 2.20. The van der Waals surface area contributed by atoms with Gasteiger partial charge in [-0.25, -0.2) is 9.97 Å². The first-order valence-corrected chi connectivity index (χ1v) is 8.73. The summed E-state index contributed by atoms with van der Waals surface area (Å²) in [5, 5.41) is 4.73. The fourth-order valence-corrected chi connectivity index (χ4v) is 4.07. The Morgan fingerprint density at radius 2 is 1.90 bits per heavy atom. The topological polar surface area (TPSA) is 42.2 Å². The molecule has 1 saturated heterocycles. The lowest BCUT2D eigenvalue weighted by Crippen LogP contribution is -3.08. The van der Waals surface area contributed by atoms with Crippen LogP contribution in [0.4, 0.5) is 5.82 Å². The predicted octanol–water partition coefficient (Wildman–Crippen LogP) is 2.31. The predicted molar refractivity (Wildman–Crippen MR) is 89.3 cm³/mol. The quantitative estimate of drug-likeness (QED) is 0.911. The molecule has 2 aromatic rings.